The monoisotopic (exact) mass is 338 g/mol. The maximum atomic E-state index is 5.76. The second kappa shape index (κ2) is 12.0. The molecule has 1 aromatic rings. The van der Waals surface area contributed by atoms with E-state index < -0.39 is 0 Å². The van der Waals surface area contributed by atoms with Crippen molar-refractivity contribution in [1.82, 2.24) is 10.3 Å². The van der Waals surface area contributed by atoms with Gasteiger partial charge in [-0.05, 0) is 57.5 Å². The number of rotatable bonds is 11. The molecule has 1 N–H and O–H groups in total. The van der Waals surface area contributed by atoms with Crippen LogP contribution in [-0.4, -0.2) is 24.7 Å². The molecular formula is C19H34N2OS. The SMILES string of the molecule is CCCc1nc(COCCCCCCC2CCCCNC2)cs1. The molecule has 0 spiro atoms. The molecule has 1 saturated heterocycles. The van der Waals surface area contributed by atoms with Crippen LogP contribution in [0.3, 0.4) is 0 Å². The Kier molecular flexibility index (Phi) is 9.84. The Hall–Kier alpha value is -0.450. The minimum atomic E-state index is 0.688. The van der Waals surface area contributed by atoms with E-state index in [9.17, 15) is 0 Å². The number of nitrogens with one attached hydrogen (secondary N) is 1. The molecule has 0 bridgehead atoms. The van der Waals surface area contributed by atoms with Crippen molar-refractivity contribution in [2.24, 2.45) is 5.92 Å². The van der Waals surface area contributed by atoms with E-state index >= 15 is 0 Å². The molecule has 1 atom stereocenters. The maximum Gasteiger partial charge on any atom is 0.0929 e. The number of hydrogen-bond acceptors (Lipinski definition) is 4. The molecule has 132 valence electrons. The van der Waals surface area contributed by atoms with Crippen LogP contribution in [0.1, 0.15) is 75.4 Å². The molecular weight excluding hydrogens is 304 g/mol. The van der Waals surface area contributed by atoms with Gasteiger partial charge in [-0.25, -0.2) is 4.98 Å². The second-order valence-electron chi connectivity index (χ2n) is 6.80. The van der Waals surface area contributed by atoms with Crippen LogP contribution in [0, 0.1) is 5.92 Å². The quantitative estimate of drug-likeness (QED) is 0.580. The van der Waals surface area contributed by atoms with E-state index in [0.717, 1.165) is 24.6 Å². The molecule has 0 radical (unpaired) electrons. The number of hydrogen-bond donors (Lipinski definition) is 1. The first-order chi connectivity index (χ1) is 11.4. The Balaban J connectivity index is 1.41. The number of ether oxygens (including phenoxy) is 1. The smallest absolute Gasteiger partial charge is 0.0929 e. The minimum absolute atomic E-state index is 0.688. The molecule has 1 aromatic heterocycles. The van der Waals surface area contributed by atoms with E-state index in [2.05, 4.69) is 22.6 Å². The summed E-state index contributed by atoms with van der Waals surface area (Å²) in [6.07, 6.45) is 13.1. The largest absolute Gasteiger partial charge is 0.375 e. The zero-order valence-corrected chi connectivity index (χ0v) is 15.6. The average molecular weight is 339 g/mol. The molecule has 4 heteroatoms. The number of unbranched alkanes of at least 4 members (excludes halogenated alkanes) is 3. The fraction of sp³-hybridized carbons (Fsp3) is 0.842. The third kappa shape index (κ3) is 8.27. The Labute approximate surface area is 146 Å². The van der Waals surface area contributed by atoms with Crippen LogP contribution in [-0.2, 0) is 17.8 Å². The van der Waals surface area contributed by atoms with E-state index in [4.69, 9.17) is 4.74 Å². The predicted octanol–water partition coefficient (Wildman–Crippen LogP) is 4.95. The molecule has 1 fully saturated rings. The molecule has 2 heterocycles. The summed E-state index contributed by atoms with van der Waals surface area (Å²) in [6.45, 7) is 6.24. The lowest BCUT2D eigenvalue weighted by Gasteiger charge is -2.13. The molecule has 1 unspecified atom stereocenters. The number of thiazole rings is 1. The molecule has 0 amide bonds. The van der Waals surface area contributed by atoms with Crippen molar-refractivity contribution in [3.8, 4) is 0 Å². The molecule has 1 aliphatic heterocycles. The Bertz CT molecular complexity index is 400. The van der Waals surface area contributed by atoms with Crippen LogP contribution >= 0.6 is 11.3 Å². The summed E-state index contributed by atoms with van der Waals surface area (Å²) < 4.78 is 5.76. The average Bonchev–Trinajstić information content (AvgIpc) is 2.83. The van der Waals surface area contributed by atoms with Gasteiger partial charge in [0.05, 0.1) is 17.3 Å². The van der Waals surface area contributed by atoms with Gasteiger partial charge in [-0.2, -0.15) is 0 Å². The first-order valence-electron chi connectivity index (χ1n) is 9.60. The summed E-state index contributed by atoms with van der Waals surface area (Å²) in [5, 5.41) is 6.96. The lowest BCUT2D eigenvalue weighted by Crippen LogP contribution is -2.20. The highest BCUT2D eigenvalue weighted by atomic mass is 32.1. The zero-order valence-electron chi connectivity index (χ0n) is 14.8. The van der Waals surface area contributed by atoms with Crippen LogP contribution in [0.5, 0.6) is 0 Å². The summed E-state index contributed by atoms with van der Waals surface area (Å²) in [5.41, 5.74) is 1.11. The van der Waals surface area contributed by atoms with Crippen LogP contribution in [0.2, 0.25) is 0 Å². The maximum absolute atomic E-state index is 5.76. The van der Waals surface area contributed by atoms with Gasteiger partial charge in [-0.15, -0.1) is 11.3 Å². The number of nitrogens with zero attached hydrogens (tertiary/aromatic N) is 1. The van der Waals surface area contributed by atoms with Crippen LogP contribution in [0.15, 0.2) is 5.38 Å². The van der Waals surface area contributed by atoms with Gasteiger partial charge in [-0.3, -0.25) is 0 Å². The van der Waals surface area contributed by atoms with E-state index in [1.54, 1.807) is 11.3 Å². The standard InChI is InChI=1S/C19H34N2OS/c1-2-9-19-21-18(16-23-19)15-22-13-8-4-3-5-10-17-11-6-7-12-20-14-17/h16-17,20H,2-15H2,1H3. The van der Waals surface area contributed by atoms with Gasteiger partial charge in [-0.1, -0.05) is 32.6 Å². The van der Waals surface area contributed by atoms with Gasteiger partial charge >= 0.3 is 0 Å². The third-order valence-corrected chi connectivity index (χ3v) is 5.57. The van der Waals surface area contributed by atoms with E-state index in [1.807, 2.05) is 0 Å². The summed E-state index contributed by atoms with van der Waals surface area (Å²) in [5.74, 6) is 0.927. The minimum Gasteiger partial charge on any atom is -0.375 e. The third-order valence-electron chi connectivity index (χ3n) is 4.61. The van der Waals surface area contributed by atoms with Gasteiger partial charge in [0, 0.05) is 12.0 Å². The van der Waals surface area contributed by atoms with Gasteiger partial charge in [0.2, 0.25) is 0 Å². The zero-order chi connectivity index (χ0) is 16.2. The highest BCUT2D eigenvalue weighted by Crippen LogP contribution is 2.18. The van der Waals surface area contributed by atoms with E-state index in [-0.39, 0.29) is 0 Å². The Morgan fingerprint density at radius 3 is 3.09 bits per heavy atom. The Morgan fingerprint density at radius 2 is 2.17 bits per heavy atom. The molecule has 3 nitrogen and oxygen atoms in total. The number of aryl methyl sites for hydroxylation is 1. The second-order valence-corrected chi connectivity index (χ2v) is 7.75. The van der Waals surface area contributed by atoms with Gasteiger partial charge < -0.3 is 10.1 Å². The first-order valence-corrected chi connectivity index (χ1v) is 10.5. The van der Waals surface area contributed by atoms with Crippen molar-refractivity contribution < 1.29 is 4.74 Å². The molecule has 23 heavy (non-hydrogen) atoms. The van der Waals surface area contributed by atoms with Gasteiger partial charge in [0.25, 0.3) is 0 Å². The highest BCUT2D eigenvalue weighted by Gasteiger charge is 2.10. The summed E-state index contributed by atoms with van der Waals surface area (Å²) in [4.78, 5) is 4.59. The Morgan fingerprint density at radius 1 is 1.26 bits per heavy atom. The number of aromatic nitrogens is 1. The lowest BCUT2D eigenvalue weighted by atomic mass is 9.96. The molecule has 0 saturated carbocycles. The normalized spacial score (nSPS) is 18.9. The fourth-order valence-corrected chi connectivity index (χ4v) is 4.13. The molecule has 2 rings (SSSR count). The summed E-state index contributed by atoms with van der Waals surface area (Å²) >= 11 is 1.77. The topological polar surface area (TPSA) is 34.1 Å². The molecule has 0 aromatic carbocycles. The van der Waals surface area contributed by atoms with Crippen molar-refractivity contribution in [3.05, 3.63) is 16.1 Å². The first kappa shape index (κ1) is 18.9. The van der Waals surface area contributed by atoms with Crippen molar-refractivity contribution in [3.63, 3.8) is 0 Å². The molecule has 1 aliphatic rings. The van der Waals surface area contributed by atoms with Crippen molar-refractivity contribution in [2.45, 2.75) is 77.7 Å². The predicted molar refractivity (Wildman–Crippen MR) is 99.1 cm³/mol. The lowest BCUT2D eigenvalue weighted by molar-refractivity contribution is 0.114. The summed E-state index contributed by atoms with van der Waals surface area (Å²) in [6, 6.07) is 0. The van der Waals surface area contributed by atoms with Crippen LogP contribution < -0.4 is 5.32 Å². The van der Waals surface area contributed by atoms with E-state index in [1.165, 1.54) is 75.9 Å². The summed E-state index contributed by atoms with van der Waals surface area (Å²) in [7, 11) is 0. The van der Waals surface area contributed by atoms with Crippen LogP contribution in [0.25, 0.3) is 0 Å². The van der Waals surface area contributed by atoms with Gasteiger partial charge in [0.1, 0.15) is 0 Å². The van der Waals surface area contributed by atoms with Crippen LogP contribution in [0.4, 0.5) is 0 Å². The highest BCUT2D eigenvalue weighted by molar-refractivity contribution is 7.09. The van der Waals surface area contributed by atoms with Crippen molar-refractivity contribution >= 4 is 11.3 Å². The van der Waals surface area contributed by atoms with Gasteiger partial charge in [0.15, 0.2) is 0 Å². The van der Waals surface area contributed by atoms with E-state index in [0.29, 0.717) is 6.61 Å². The fourth-order valence-electron chi connectivity index (χ4n) is 3.25. The molecule has 0 aliphatic carbocycles. The van der Waals surface area contributed by atoms with Crippen molar-refractivity contribution in [1.29, 1.82) is 0 Å². The van der Waals surface area contributed by atoms with Crippen molar-refractivity contribution in [2.75, 3.05) is 19.7 Å².